The summed E-state index contributed by atoms with van der Waals surface area (Å²) in [5.74, 6) is 7.21. The first-order valence-corrected chi connectivity index (χ1v) is 7.92. The molecule has 1 aliphatic rings. The third kappa shape index (κ3) is 4.66. The molecule has 1 atom stereocenters. The average Bonchev–Trinajstić information content (AvgIpc) is 2.47. The smallest absolute Gasteiger partial charge is 0.137 e. The first-order valence-electron chi connectivity index (χ1n) is 7.92. The van der Waals surface area contributed by atoms with Crippen molar-refractivity contribution in [1.82, 2.24) is 10.4 Å². The molecule has 1 saturated carbocycles. The molecule has 0 amide bonds. The second kappa shape index (κ2) is 8.32. The van der Waals surface area contributed by atoms with Gasteiger partial charge in [0.25, 0.3) is 0 Å². The molecule has 0 saturated heterocycles. The molecule has 0 spiro atoms. The molecule has 1 aliphatic carbocycles. The van der Waals surface area contributed by atoms with Gasteiger partial charge in [0.1, 0.15) is 5.75 Å². The number of nitrogens with two attached hydrogens (primary N) is 1. The Balaban J connectivity index is 1.88. The van der Waals surface area contributed by atoms with Gasteiger partial charge in [-0.25, -0.2) is 0 Å². The lowest BCUT2D eigenvalue weighted by atomic mass is 9.77. The van der Waals surface area contributed by atoms with Gasteiger partial charge in [0.05, 0.1) is 18.9 Å². The first-order chi connectivity index (χ1) is 10.3. The molecule has 1 aromatic heterocycles. The van der Waals surface area contributed by atoms with Crippen molar-refractivity contribution < 1.29 is 9.47 Å². The van der Waals surface area contributed by atoms with E-state index in [0.29, 0.717) is 18.6 Å². The van der Waals surface area contributed by atoms with Crippen LogP contribution in [0.1, 0.15) is 51.1 Å². The lowest BCUT2D eigenvalue weighted by molar-refractivity contribution is -0.0291. The van der Waals surface area contributed by atoms with Crippen molar-refractivity contribution in [3.63, 3.8) is 0 Å². The van der Waals surface area contributed by atoms with Crippen molar-refractivity contribution in [3.8, 4) is 5.75 Å². The molecule has 118 valence electrons. The fourth-order valence-electron chi connectivity index (χ4n) is 2.80. The molecule has 1 unspecified atom stereocenters. The number of pyridine rings is 1. The van der Waals surface area contributed by atoms with Crippen LogP contribution in [0.15, 0.2) is 18.5 Å². The van der Waals surface area contributed by atoms with Gasteiger partial charge >= 0.3 is 0 Å². The van der Waals surface area contributed by atoms with E-state index in [-0.39, 0.29) is 6.04 Å². The van der Waals surface area contributed by atoms with Crippen LogP contribution >= 0.6 is 0 Å². The Morgan fingerprint density at radius 3 is 2.86 bits per heavy atom. The quantitative estimate of drug-likeness (QED) is 0.541. The van der Waals surface area contributed by atoms with E-state index in [1.54, 1.807) is 6.20 Å². The summed E-state index contributed by atoms with van der Waals surface area (Å²) in [4.78, 5) is 4.26. The topological polar surface area (TPSA) is 69.4 Å². The Hall–Kier alpha value is -1.17. The zero-order valence-corrected chi connectivity index (χ0v) is 13.0. The third-order valence-corrected chi connectivity index (χ3v) is 3.97. The maximum atomic E-state index is 5.73. The van der Waals surface area contributed by atoms with Gasteiger partial charge in [0.15, 0.2) is 0 Å². The number of nitrogens with zero attached hydrogens (tertiary/aromatic N) is 1. The van der Waals surface area contributed by atoms with Gasteiger partial charge in [-0.1, -0.05) is 6.92 Å². The Morgan fingerprint density at radius 1 is 1.38 bits per heavy atom. The van der Waals surface area contributed by atoms with Crippen molar-refractivity contribution in [1.29, 1.82) is 0 Å². The van der Waals surface area contributed by atoms with Crippen LogP contribution in [0.25, 0.3) is 0 Å². The SMILES string of the molecule is CCCOc1cncc(C(CC2CC(OCC)C2)NN)c1. The predicted molar refractivity (Wildman–Crippen MR) is 82.8 cm³/mol. The van der Waals surface area contributed by atoms with Crippen LogP contribution in [0, 0.1) is 5.92 Å². The maximum Gasteiger partial charge on any atom is 0.137 e. The van der Waals surface area contributed by atoms with E-state index < -0.39 is 0 Å². The fourth-order valence-corrected chi connectivity index (χ4v) is 2.80. The summed E-state index contributed by atoms with van der Waals surface area (Å²) < 4.78 is 11.2. The zero-order chi connectivity index (χ0) is 15.1. The van der Waals surface area contributed by atoms with Gasteiger partial charge < -0.3 is 9.47 Å². The molecule has 1 aromatic rings. The lowest BCUT2D eigenvalue weighted by Crippen LogP contribution is -2.36. The predicted octanol–water partition coefficient (Wildman–Crippen LogP) is 2.58. The molecule has 2 rings (SSSR count). The minimum absolute atomic E-state index is 0.121. The number of hydrazine groups is 1. The van der Waals surface area contributed by atoms with Gasteiger partial charge in [-0.15, -0.1) is 0 Å². The second-order valence-electron chi connectivity index (χ2n) is 5.67. The lowest BCUT2D eigenvalue weighted by Gasteiger charge is -2.37. The Morgan fingerprint density at radius 2 is 2.19 bits per heavy atom. The molecule has 5 nitrogen and oxygen atoms in total. The van der Waals surface area contributed by atoms with Crippen molar-refractivity contribution in [2.45, 2.75) is 51.7 Å². The van der Waals surface area contributed by atoms with E-state index in [0.717, 1.165) is 43.6 Å². The standard InChI is InChI=1S/C16H27N3O2/c1-3-5-21-15-9-13(10-18-11-15)16(19-17)8-12-6-14(7-12)20-4-2/h9-12,14,16,19H,3-8,17H2,1-2H3. The van der Waals surface area contributed by atoms with Crippen LogP contribution in [-0.4, -0.2) is 24.3 Å². The number of hydrogen-bond donors (Lipinski definition) is 2. The zero-order valence-electron chi connectivity index (χ0n) is 13.0. The summed E-state index contributed by atoms with van der Waals surface area (Å²) in [6, 6.07) is 2.15. The van der Waals surface area contributed by atoms with Crippen molar-refractivity contribution in [3.05, 3.63) is 24.0 Å². The normalized spacial score (nSPS) is 22.6. The van der Waals surface area contributed by atoms with Gasteiger partial charge in [-0.2, -0.15) is 0 Å². The van der Waals surface area contributed by atoms with Gasteiger partial charge in [0, 0.05) is 18.8 Å². The summed E-state index contributed by atoms with van der Waals surface area (Å²) in [6.07, 6.45) is 8.32. The number of aromatic nitrogens is 1. The first kappa shape index (κ1) is 16.2. The van der Waals surface area contributed by atoms with E-state index in [2.05, 4.69) is 17.3 Å². The highest BCUT2D eigenvalue weighted by molar-refractivity contribution is 5.26. The molecular weight excluding hydrogens is 266 g/mol. The summed E-state index contributed by atoms with van der Waals surface area (Å²) >= 11 is 0. The van der Waals surface area contributed by atoms with Gasteiger partial charge in [-0.3, -0.25) is 16.3 Å². The molecule has 0 bridgehead atoms. The largest absolute Gasteiger partial charge is 0.492 e. The van der Waals surface area contributed by atoms with Crippen molar-refractivity contribution in [2.75, 3.05) is 13.2 Å². The van der Waals surface area contributed by atoms with E-state index >= 15 is 0 Å². The van der Waals surface area contributed by atoms with E-state index in [4.69, 9.17) is 15.3 Å². The van der Waals surface area contributed by atoms with Crippen molar-refractivity contribution in [2.24, 2.45) is 11.8 Å². The van der Waals surface area contributed by atoms with Crippen LogP contribution in [0.3, 0.4) is 0 Å². The molecule has 0 aliphatic heterocycles. The fraction of sp³-hybridized carbons (Fsp3) is 0.688. The third-order valence-electron chi connectivity index (χ3n) is 3.97. The molecule has 3 N–H and O–H groups in total. The molecule has 1 heterocycles. The van der Waals surface area contributed by atoms with E-state index in [1.807, 2.05) is 19.2 Å². The van der Waals surface area contributed by atoms with Crippen LogP contribution in [-0.2, 0) is 4.74 Å². The summed E-state index contributed by atoms with van der Waals surface area (Å²) in [5, 5.41) is 0. The molecule has 5 heteroatoms. The molecule has 21 heavy (non-hydrogen) atoms. The van der Waals surface area contributed by atoms with E-state index in [9.17, 15) is 0 Å². The molecule has 1 fully saturated rings. The highest BCUT2D eigenvalue weighted by Gasteiger charge is 2.31. The van der Waals surface area contributed by atoms with Gasteiger partial charge in [-0.05, 0) is 50.2 Å². The number of hydrogen-bond acceptors (Lipinski definition) is 5. The van der Waals surface area contributed by atoms with Crippen LogP contribution in [0.2, 0.25) is 0 Å². The Bertz CT molecular complexity index is 422. The molecular formula is C16H27N3O2. The highest BCUT2D eigenvalue weighted by atomic mass is 16.5. The second-order valence-corrected chi connectivity index (χ2v) is 5.67. The Labute approximate surface area is 127 Å². The molecule has 0 aromatic carbocycles. The molecule has 0 radical (unpaired) electrons. The van der Waals surface area contributed by atoms with Crippen LogP contribution < -0.4 is 16.0 Å². The Kier molecular flexibility index (Phi) is 6.42. The monoisotopic (exact) mass is 293 g/mol. The number of nitrogens with one attached hydrogen (secondary N) is 1. The number of rotatable bonds is 9. The number of ether oxygens (including phenoxy) is 2. The van der Waals surface area contributed by atoms with Gasteiger partial charge in [0.2, 0.25) is 0 Å². The summed E-state index contributed by atoms with van der Waals surface area (Å²) in [6.45, 7) is 5.65. The van der Waals surface area contributed by atoms with Crippen LogP contribution in [0.4, 0.5) is 0 Å². The minimum atomic E-state index is 0.121. The minimum Gasteiger partial charge on any atom is -0.492 e. The summed E-state index contributed by atoms with van der Waals surface area (Å²) in [7, 11) is 0. The highest BCUT2D eigenvalue weighted by Crippen LogP contribution is 2.37. The van der Waals surface area contributed by atoms with E-state index in [1.165, 1.54) is 0 Å². The van der Waals surface area contributed by atoms with Crippen LogP contribution in [0.5, 0.6) is 5.75 Å². The average molecular weight is 293 g/mol. The van der Waals surface area contributed by atoms with Crippen molar-refractivity contribution >= 4 is 0 Å². The summed E-state index contributed by atoms with van der Waals surface area (Å²) in [5.41, 5.74) is 4.00. The maximum absolute atomic E-state index is 5.73.